The van der Waals surface area contributed by atoms with Crippen LogP contribution in [0.25, 0.3) is 0 Å². The van der Waals surface area contributed by atoms with E-state index in [0.29, 0.717) is 12.6 Å². The lowest BCUT2D eigenvalue weighted by atomic mass is 9.84. The molecule has 0 aliphatic heterocycles. The van der Waals surface area contributed by atoms with Gasteiger partial charge in [-0.1, -0.05) is 26.2 Å². The summed E-state index contributed by atoms with van der Waals surface area (Å²) in [4.78, 5) is 0. The van der Waals surface area contributed by atoms with Crippen LogP contribution in [-0.2, 0) is 4.74 Å². The number of nitrogens with one attached hydrogen (secondary N) is 1. The summed E-state index contributed by atoms with van der Waals surface area (Å²) >= 11 is 0. The van der Waals surface area contributed by atoms with E-state index in [9.17, 15) is 13.2 Å². The summed E-state index contributed by atoms with van der Waals surface area (Å²) in [5, 5.41) is 3.28. The van der Waals surface area contributed by atoms with E-state index in [-0.39, 0.29) is 6.61 Å². The number of hydrogen-bond acceptors (Lipinski definition) is 2. The molecule has 102 valence electrons. The molecule has 0 radical (unpaired) electrons. The number of rotatable bonds is 6. The Bertz CT molecular complexity index is 208. The van der Waals surface area contributed by atoms with Crippen molar-refractivity contribution >= 4 is 0 Å². The Morgan fingerprint density at radius 1 is 1.29 bits per heavy atom. The molecule has 2 unspecified atom stereocenters. The fourth-order valence-electron chi connectivity index (χ4n) is 2.37. The Labute approximate surface area is 101 Å². The lowest BCUT2D eigenvalue weighted by Crippen LogP contribution is -2.36. The molecule has 0 heterocycles. The quantitative estimate of drug-likeness (QED) is 0.734. The van der Waals surface area contributed by atoms with Crippen molar-refractivity contribution in [3.8, 4) is 0 Å². The van der Waals surface area contributed by atoms with Gasteiger partial charge in [0.1, 0.15) is 6.61 Å². The molecule has 1 N–H and O–H groups in total. The first-order valence-electron chi connectivity index (χ1n) is 6.39. The van der Waals surface area contributed by atoms with Crippen LogP contribution in [0.5, 0.6) is 0 Å². The van der Waals surface area contributed by atoms with Crippen molar-refractivity contribution < 1.29 is 17.9 Å². The van der Waals surface area contributed by atoms with Crippen LogP contribution in [0, 0.1) is 5.92 Å². The average molecular weight is 253 g/mol. The molecule has 1 aliphatic carbocycles. The van der Waals surface area contributed by atoms with Gasteiger partial charge in [0.15, 0.2) is 0 Å². The second-order valence-electron chi connectivity index (χ2n) is 4.76. The molecular weight excluding hydrogens is 231 g/mol. The van der Waals surface area contributed by atoms with E-state index < -0.39 is 12.8 Å². The SMILES string of the molecule is CCC1CCCC(NCCOCC(F)(F)F)C1. The Kier molecular flexibility index (Phi) is 6.27. The van der Waals surface area contributed by atoms with Crippen molar-refractivity contribution in [1.82, 2.24) is 5.32 Å². The van der Waals surface area contributed by atoms with E-state index in [4.69, 9.17) is 0 Å². The standard InChI is InChI=1S/C12H22F3NO/c1-2-10-4-3-5-11(8-10)16-6-7-17-9-12(13,14)15/h10-11,16H,2-9H2,1H3. The Morgan fingerprint density at radius 3 is 2.71 bits per heavy atom. The van der Waals surface area contributed by atoms with E-state index >= 15 is 0 Å². The second-order valence-corrected chi connectivity index (χ2v) is 4.76. The molecular formula is C12H22F3NO. The molecule has 0 bridgehead atoms. The molecule has 2 atom stereocenters. The monoisotopic (exact) mass is 253 g/mol. The third kappa shape index (κ3) is 6.88. The first-order chi connectivity index (χ1) is 8.01. The van der Waals surface area contributed by atoms with Gasteiger partial charge in [0.25, 0.3) is 0 Å². The van der Waals surface area contributed by atoms with Crippen LogP contribution >= 0.6 is 0 Å². The van der Waals surface area contributed by atoms with Crippen LogP contribution in [0.4, 0.5) is 13.2 Å². The van der Waals surface area contributed by atoms with E-state index in [1.807, 2.05) is 0 Å². The van der Waals surface area contributed by atoms with Gasteiger partial charge in [0, 0.05) is 12.6 Å². The highest BCUT2D eigenvalue weighted by molar-refractivity contribution is 4.77. The third-order valence-electron chi connectivity index (χ3n) is 3.31. The molecule has 0 amide bonds. The maximum Gasteiger partial charge on any atom is 0.411 e. The van der Waals surface area contributed by atoms with Gasteiger partial charge < -0.3 is 10.1 Å². The van der Waals surface area contributed by atoms with Crippen LogP contribution in [0.1, 0.15) is 39.0 Å². The average Bonchev–Trinajstić information content (AvgIpc) is 2.27. The summed E-state index contributed by atoms with van der Waals surface area (Å²) in [6, 6.07) is 0.461. The molecule has 0 saturated heterocycles. The minimum atomic E-state index is -4.21. The van der Waals surface area contributed by atoms with Crippen molar-refractivity contribution in [2.24, 2.45) is 5.92 Å². The zero-order valence-electron chi connectivity index (χ0n) is 10.4. The molecule has 0 aromatic carbocycles. The third-order valence-corrected chi connectivity index (χ3v) is 3.31. The van der Waals surface area contributed by atoms with Gasteiger partial charge in [-0.15, -0.1) is 0 Å². The highest BCUT2D eigenvalue weighted by atomic mass is 19.4. The molecule has 0 aromatic heterocycles. The van der Waals surface area contributed by atoms with Crippen molar-refractivity contribution in [3.63, 3.8) is 0 Å². The summed E-state index contributed by atoms with van der Waals surface area (Å²) in [6.45, 7) is 1.69. The molecule has 1 fully saturated rings. The van der Waals surface area contributed by atoms with Gasteiger partial charge in [0.2, 0.25) is 0 Å². The van der Waals surface area contributed by atoms with Crippen molar-refractivity contribution in [2.45, 2.75) is 51.2 Å². The number of alkyl halides is 3. The maximum absolute atomic E-state index is 11.8. The first-order valence-corrected chi connectivity index (χ1v) is 6.39. The number of ether oxygens (including phenoxy) is 1. The Balaban J connectivity index is 2.02. The van der Waals surface area contributed by atoms with Crippen LogP contribution in [0.15, 0.2) is 0 Å². The summed E-state index contributed by atoms with van der Waals surface area (Å²) in [5.41, 5.74) is 0. The summed E-state index contributed by atoms with van der Waals surface area (Å²) in [7, 11) is 0. The van der Waals surface area contributed by atoms with Gasteiger partial charge in [-0.25, -0.2) is 0 Å². The first kappa shape index (κ1) is 14.8. The summed E-state index contributed by atoms with van der Waals surface area (Å²) < 4.78 is 39.9. The highest BCUT2D eigenvalue weighted by Crippen LogP contribution is 2.26. The minimum absolute atomic E-state index is 0.132. The smallest absolute Gasteiger partial charge is 0.371 e. The second kappa shape index (κ2) is 7.21. The van der Waals surface area contributed by atoms with Gasteiger partial charge in [-0.2, -0.15) is 13.2 Å². The van der Waals surface area contributed by atoms with E-state index in [0.717, 1.165) is 18.8 Å². The highest BCUT2D eigenvalue weighted by Gasteiger charge is 2.27. The van der Waals surface area contributed by atoms with Crippen LogP contribution in [0.2, 0.25) is 0 Å². The largest absolute Gasteiger partial charge is 0.411 e. The number of hydrogen-bond donors (Lipinski definition) is 1. The molecule has 17 heavy (non-hydrogen) atoms. The van der Waals surface area contributed by atoms with Gasteiger partial charge in [-0.3, -0.25) is 0 Å². The van der Waals surface area contributed by atoms with Crippen molar-refractivity contribution in [2.75, 3.05) is 19.8 Å². The van der Waals surface area contributed by atoms with E-state index in [1.165, 1.54) is 19.3 Å². The molecule has 5 heteroatoms. The zero-order valence-corrected chi connectivity index (χ0v) is 10.4. The Morgan fingerprint density at radius 2 is 2.06 bits per heavy atom. The minimum Gasteiger partial charge on any atom is -0.371 e. The lowest BCUT2D eigenvalue weighted by molar-refractivity contribution is -0.173. The molecule has 0 aromatic rings. The normalized spacial score (nSPS) is 26.1. The van der Waals surface area contributed by atoms with Crippen LogP contribution in [-0.4, -0.2) is 32.0 Å². The summed E-state index contributed by atoms with van der Waals surface area (Å²) in [5.74, 6) is 0.775. The Hall–Kier alpha value is -0.290. The zero-order chi connectivity index (χ0) is 12.7. The molecule has 1 aliphatic rings. The lowest BCUT2D eigenvalue weighted by Gasteiger charge is -2.29. The molecule has 2 nitrogen and oxygen atoms in total. The molecule has 0 spiro atoms. The maximum atomic E-state index is 11.8. The van der Waals surface area contributed by atoms with Gasteiger partial charge in [-0.05, 0) is 18.8 Å². The predicted octanol–water partition coefficient (Wildman–Crippen LogP) is 3.12. The van der Waals surface area contributed by atoms with Gasteiger partial charge in [0.05, 0.1) is 6.61 Å². The van der Waals surface area contributed by atoms with E-state index in [2.05, 4.69) is 17.0 Å². The fourth-order valence-corrected chi connectivity index (χ4v) is 2.37. The van der Waals surface area contributed by atoms with E-state index in [1.54, 1.807) is 0 Å². The van der Waals surface area contributed by atoms with Crippen molar-refractivity contribution in [3.05, 3.63) is 0 Å². The molecule has 1 saturated carbocycles. The summed E-state index contributed by atoms with van der Waals surface area (Å²) in [6.07, 6.45) is 1.78. The van der Waals surface area contributed by atoms with Gasteiger partial charge >= 0.3 is 6.18 Å². The molecule has 1 rings (SSSR count). The topological polar surface area (TPSA) is 21.3 Å². The van der Waals surface area contributed by atoms with Crippen LogP contribution < -0.4 is 5.32 Å². The fraction of sp³-hybridized carbons (Fsp3) is 1.00. The number of halogens is 3. The van der Waals surface area contributed by atoms with Crippen LogP contribution in [0.3, 0.4) is 0 Å². The predicted molar refractivity (Wildman–Crippen MR) is 60.9 cm³/mol. The van der Waals surface area contributed by atoms with Crippen molar-refractivity contribution in [1.29, 1.82) is 0 Å².